The summed E-state index contributed by atoms with van der Waals surface area (Å²) < 4.78 is 5.07. The van der Waals surface area contributed by atoms with Crippen molar-refractivity contribution in [1.82, 2.24) is 10.5 Å². The Morgan fingerprint density at radius 3 is 2.68 bits per heavy atom. The molecule has 134 valence electrons. The largest absolute Gasteiger partial charge is 0.361 e. The molecule has 2 amide bonds. The predicted molar refractivity (Wildman–Crippen MR) is 96.1 cm³/mol. The Morgan fingerprint density at radius 1 is 1.28 bits per heavy atom. The van der Waals surface area contributed by atoms with E-state index in [9.17, 15) is 9.59 Å². The highest BCUT2D eigenvalue weighted by molar-refractivity contribution is 5.92. The molecule has 0 spiro atoms. The highest BCUT2D eigenvalue weighted by Gasteiger charge is 2.13. The molecule has 0 saturated heterocycles. The van der Waals surface area contributed by atoms with Crippen molar-refractivity contribution < 1.29 is 14.1 Å². The molecule has 6 heteroatoms. The van der Waals surface area contributed by atoms with E-state index < -0.39 is 0 Å². The minimum atomic E-state index is -0.0940. The molecule has 1 aromatic carbocycles. The van der Waals surface area contributed by atoms with Crippen molar-refractivity contribution in [1.29, 1.82) is 0 Å². The van der Waals surface area contributed by atoms with Crippen LogP contribution in [0.15, 0.2) is 28.8 Å². The zero-order chi connectivity index (χ0) is 18.4. The lowest BCUT2D eigenvalue weighted by atomic mass is 10.1. The highest BCUT2D eigenvalue weighted by atomic mass is 16.5. The average Bonchev–Trinajstić information content (AvgIpc) is 2.91. The summed E-state index contributed by atoms with van der Waals surface area (Å²) in [5.41, 5.74) is 3.23. The van der Waals surface area contributed by atoms with Crippen LogP contribution >= 0.6 is 0 Å². The van der Waals surface area contributed by atoms with Crippen molar-refractivity contribution in [3.63, 3.8) is 0 Å². The van der Waals surface area contributed by atoms with E-state index in [0.717, 1.165) is 28.9 Å². The van der Waals surface area contributed by atoms with Crippen LogP contribution in [0.3, 0.4) is 0 Å². The summed E-state index contributed by atoms with van der Waals surface area (Å²) in [6, 6.07) is 7.49. The molecule has 2 rings (SSSR count). The number of aryl methyl sites for hydroxylation is 2. The van der Waals surface area contributed by atoms with Gasteiger partial charge in [0, 0.05) is 23.7 Å². The van der Waals surface area contributed by atoms with Gasteiger partial charge in [0.15, 0.2) is 0 Å². The maximum absolute atomic E-state index is 12.1. The molecule has 0 bridgehead atoms. The third-order valence-electron chi connectivity index (χ3n) is 4.26. The van der Waals surface area contributed by atoms with Crippen LogP contribution in [-0.2, 0) is 22.6 Å². The number of aromatic nitrogens is 1. The molecule has 0 unspecified atom stereocenters. The molecule has 0 aliphatic rings. The number of hydrogen-bond donors (Lipinski definition) is 2. The van der Waals surface area contributed by atoms with Crippen molar-refractivity contribution in [2.24, 2.45) is 5.92 Å². The molecule has 0 fully saturated rings. The maximum Gasteiger partial charge on any atom is 0.227 e. The Labute approximate surface area is 148 Å². The Hall–Kier alpha value is -2.63. The summed E-state index contributed by atoms with van der Waals surface area (Å²) in [4.78, 5) is 24.1. The Morgan fingerprint density at radius 2 is 2.04 bits per heavy atom. The molecule has 1 heterocycles. The average molecular weight is 343 g/mol. The van der Waals surface area contributed by atoms with Gasteiger partial charge < -0.3 is 15.2 Å². The lowest BCUT2D eigenvalue weighted by Gasteiger charge is -2.11. The smallest absolute Gasteiger partial charge is 0.227 e. The number of nitrogens with zero attached hydrogens (tertiary/aromatic N) is 1. The van der Waals surface area contributed by atoms with Gasteiger partial charge >= 0.3 is 0 Å². The van der Waals surface area contributed by atoms with E-state index in [1.165, 1.54) is 0 Å². The van der Waals surface area contributed by atoms with Gasteiger partial charge in [0.05, 0.1) is 12.1 Å². The van der Waals surface area contributed by atoms with Crippen molar-refractivity contribution >= 4 is 17.5 Å². The second-order valence-corrected chi connectivity index (χ2v) is 6.26. The van der Waals surface area contributed by atoms with Gasteiger partial charge in [-0.1, -0.05) is 31.1 Å². The van der Waals surface area contributed by atoms with E-state index in [0.29, 0.717) is 12.3 Å². The summed E-state index contributed by atoms with van der Waals surface area (Å²) >= 11 is 0. The van der Waals surface area contributed by atoms with Crippen LogP contribution in [0.4, 0.5) is 5.69 Å². The van der Waals surface area contributed by atoms with E-state index in [1.54, 1.807) is 6.92 Å². The number of rotatable bonds is 7. The third-order valence-corrected chi connectivity index (χ3v) is 4.26. The Bertz CT molecular complexity index is 733. The zero-order valence-electron chi connectivity index (χ0n) is 15.2. The first-order valence-corrected chi connectivity index (χ1v) is 8.49. The van der Waals surface area contributed by atoms with Crippen molar-refractivity contribution in [3.05, 3.63) is 46.8 Å². The SMILES string of the molecule is CC[C@H](C)C(=O)Nc1cccc(CNC(=O)Cc2c(C)noc2C)c1. The van der Waals surface area contributed by atoms with Crippen LogP contribution in [0, 0.1) is 19.8 Å². The summed E-state index contributed by atoms with van der Waals surface area (Å²) in [6.45, 7) is 7.90. The molecule has 0 aliphatic heterocycles. The number of carbonyl (C=O) groups is 2. The monoisotopic (exact) mass is 343 g/mol. The van der Waals surface area contributed by atoms with Gasteiger partial charge in [-0.25, -0.2) is 0 Å². The van der Waals surface area contributed by atoms with Crippen LogP contribution in [0.5, 0.6) is 0 Å². The summed E-state index contributed by atoms with van der Waals surface area (Å²) in [5.74, 6) is 0.548. The van der Waals surface area contributed by atoms with Gasteiger partial charge in [-0.3, -0.25) is 9.59 Å². The quantitative estimate of drug-likeness (QED) is 0.809. The Balaban J connectivity index is 1.91. The number of hydrogen-bond acceptors (Lipinski definition) is 4. The van der Waals surface area contributed by atoms with Gasteiger partial charge in [0.2, 0.25) is 11.8 Å². The van der Waals surface area contributed by atoms with Crippen molar-refractivity contribution in [3.8, 4) is 0 Å². The third kappa shape index (κ3) is 5.17. The first-order chi connectivity index (χ1) is 11.9. The summed E-state index contributed by atoms with van der Waals surface area (Å²) in [6.07, 6.45) is 1.04. The van der Waals surface area contributed by atoms with Crippen LogP contribution in [0.25, 0.3) is 0 Å². The normalized spacial score (nSPS) is 11.8. The molecule has 0 radical (unpaired) electrons. The first-order valence-electron chi connectivity index (χ1n) is 8.49. The lowest BCUT2D eigenvalue weighted by Crippen LogP contribution is -2.25. The van der Waals surface area contributed by atoms with E-state index in [4.69, 9.17) is 4.52 Å². The van der Waals surface area contributed by atoms with Gasteiger partial charge in [0.1, 0.15) is 5.76 Å². The topological polar surface area (TPSA) is 84.2 Å². The number of nitrogens with one attached hydrogen (secondary N) is 2. The van der Waals surface area contributed by atoms with Crippen molar-refractivity contribution in [2.45, 2.75) is 47.1 Å². The molecule has 1 atom stereocenters. The molecule has 2 aromatic rings. The standard InChI is InChI=1S/C19H25N3O3/c1-5-12(2)19(24)21-16-8-6-7-15(9-16)11-20-18(23)10-17-13(3)22-25-14(17)4/h6-9,12H,5,10-11H2,1-4H3,(H,20,23)(H,21,24)/t12-/m0/s1. The van der Waals surface area contributed by atoms with Crippen LogP contribution in [-0.4, -0.2) is 17.0 Å². The molecule has 0 aliphatic carbocycles. The van der Waals surface area contributed by atoms with Gasteiger partial charge in [-0.15, -0.1) is 0 Å². The molecule has 1 aromatic heterocycles. The van der Waals surface area contributed by atoms with Gasteiger partial charge in [0.25, 0.3) is 0 Å². The molecular formula is C19H25N3O3. The minimum absolute atomic E-state index is 0.00194. The number of amides is 2. The zero-order valence-corrected chi connectivity index (χ0v) is 15.2. The molecule has 25 heavy (non-hydrogen) atoms. The van der Waals surface area contributed by atoms with Crippen LogP contribution in [0.1, 0.15) is 42.8 Å². The van der Waals surface area contributed by atoms with E-state index in [2.05, 4.69) is 15.8 Å². The van der Waals surface area contributed by atoms with E-state index in [1.807, 2.05) is 45.0 Å². The minimum Gasteiger partial charge on any atom is -0.361 e. The van der Waals surface area contributed by atoms with Crippen molar-refractivity contribution in [2.75, 3.05) is 5.32 Å². The fourth-order valence-corrected chi connectivity index (χ4v) is 2.39. The van der Waals surface area contributed by atoms with Crippen LogP contribution < -0.4 is 10.6 Å². The second kappa shape index (κ2) is 8.46. The van der Waals surface area contributed by atoms with E-state index >= 15 is 0 Å². The molecular weight excluding hydrogens is 318 g/mol. The molecule has 6 nitrogen and oxygen atoms in total. The Kier molecular flexibility index (Phi) is 6.33. The summed E-state index contributed by atoms with van der Waals surface area (Å²) in [7, 11) is 0. The number of anilines is 1. The number of carbonyl (C=O) groups excluding carboxylic acids is 2. The summed E-state index contributed by atoms with van der Waals surface area (Å²) in [5, 5.41) is 9.64. The molecule has 0 saturated carbocycles. The maximum atomic E-state index is 12.1. The highest BCUT2D eigenvalue weighted by Crippen LogP contribution is 2.14. The predicted octanol–water partition coefficient (Wildman–Crippen LogP) is 3.13. The van der Waals surface area contributed by atoms with Gasteiger partial charge in [-0.05, 0) is 38.0 Å². The first kappa shape index (κ1) is 18.7. The second-order valence-electron chi connectivity index (χ2n) is 6.26. The lowest BCUT2D eigenvalue weighted by molar-refractivity contribution is -0.121. The molecule has 2 N–H and O–H groups in total. The number of benzene rings is 1. The fourth-order valence-electron chi connectivity index (χ4n) is 2.39. The van der Waals surface area contributed by atoms with Crippen LogP contribution in [0.2, 0.25) is 0 Å². The van der Waals surface area contributed by atoms with E-state index in [-0.39, 0.29) is 24.2 Å². The fraction of sp³-hybridized carbons (Fsp3) is 0.421. The van der Waals surface area contributed by atoms with Gasteiger partial charge in [-0.2, -0.15) is 0 Å².